The Bertz CT molecular complexity index is 991. The molecule has 29 heavy (non-hydrogen) atoms. The summed E-state index contributed by atoms with van der Waals surface area (Å²) in [6, 6.07) is 12.6. The predicted molar refractivity (Wildman–Crippen MR) is 117 cm³/mol. The maximum Gasteiger partial charge on any atom is 0.236 e. The zero-order valence-corrected chi connectivity index (χ0v) is 17.3. The van der Waals surface area contributed by atoms with Gasteiger partial charge in [0.25, 0.3) is 0 Å². The van der Waals surface area contributed by atoms with Crippen molar-refractivity contribution in [3.63, 3.8) is 0 Å². The highest BCUT2D eigenvalue weighted by Crippen LogP contribution is 2.36. The standard InChI is InChI=1S/C22H25N5OS/c28-20(26-8-4-5-9-26)15-25-10-12-27(13-11-25)21-18-14-19(17-6-2-1-3-7-17)29-22(18)24-16-23-21/h1-3,6-7,14,16H,4-5,8-13,15H2. The van der Waals surface area contributed by atoms with Crippen LogP contribution in [-0.2, 0) is 4.79 Å². The first-order valence-electron chi connectivity index (χ1n) is 10.3. The van der Waals surface area contributed by atoms with Crippen LogP contribution < -0.4 is 4.90 Å². The smallest absolute Gasteiger partial charge is 0.236 e. The third kappa shape index (κ3) is 3.84. The molecule has 1 aromatic carbocycles. The number of aromatic nitrogens is 2. The van der Waals surface area contributed by atoms with Crippen molar-refractivity contribution in [2.45, 2.75) is 12.8 Å². The van der Waals surface area contributed by atoms with Crippen molar-refractivity contribution >= 4 is 33.3 Å². The van der Waals surface area contributed by atoms with Crippen LogP contribution in [0.1, 0.15) is 12.8 Å². The second kappa shape index (κ2) is 8.08. The lowest BCUT2D eigenvalue weighted by Gasteiger charge is -2.35. The largest absolute Gasteiger partial charge is 0.353 e. The molecule has 0 unspecified atom stereocenters. The number of carbonyl (C=O) groups excluding carboxylic acids is 1. The number of benzene rings is 1. The van der Waals surface area contributed by atoms with Gasteiger partial charge in [0.2, 0.25) is 5.91 Å². The number of anilines is 1. The number of hydrogen-bond donors (Lipinski definition) is 0. The van der Waals surface area contributed by atoms with Crippen LogP contribution in [0.4, 0.5) is 5.82 Å². The zero-order valence-electron chi connectivity index (χ0n) is 16.5. The second-order valence-electron chi connectivity index (χ2n) is 7.74. The molecule has 2 saturated heterocycles. The van der Waals surface area contributed by atoms with E-state index < -0.39 is 0 Å². The number of piperazine rings is 1. The van der Waals surface area contributed by atoms with Gasteiger partial charge in [-0.15, -0.1) is 11.3 Å². The van der Waals surface area contributed by atoms with Gasteiger partial charge in [-0.3, -0.25) is 9.69 Å². The van der Waals surface area contributed by atoms with Crippen molar-refractivity contribution in [1.82, 2.24) is 19.8 Å². The third-order valence-corrected chi connectivity index (χ3v) is 6.95. The first-order chi connectivity index (χ1) is 14.3. The summed E-state index contributed by atoms with van der Waals surface area (Å²) in [4.78, 5) is 30.4. The quantitative estimate of drug-likeness (QED) is 0.665. The second-order valence-corrected chi connectivity index (χ2v) is 8.77. The number of amides is 1. The van der Waals surface area contributed by atoms with Gasteiger partial charge in [0.05, 0.1) is 11.9 Å². The Morgan fingerprint density at radius 2 is 1.72 bits per heavy atom. The number of likely N-dealkylation sites (tertiary alicyclic amines) is 1. The normalized spacial score (nSPS) is 17.9. The number of fused-ring (bicyclic) bond motifs is 1. The number of thiophene rings is 1. The van der Waals surface area contributed by atoms with Gasteiger partial charge in [0.15, 0.2) is 0 Å². The summed E-state index contributed by atoms with van der Waals surface area (Å²) < 4.78 is 0. The Hall–Kier alpha value is -2.51. The Kier molecular flexibility index (Phi) is 5.16. The van der Waals surface area contributed by atoms with E-state index in [0.29, 0.717) is 6.54 Å². The van der Waals surface area contributed by atoms with Crippen molar-refractivity contribution < 1.29 is 4.79 Å². The molecule has 3 aromatic rings. The summed E-state index contributed by atoms with van der Waals surface area (Å²) in [5.41, 5.74) is 1.21. The molecular formula is C22H25N5OS. The van der Waals surface area contributed by atoms with Gasteiger partial charge in [-0.05, 0) is 24.5 Å². The molecule has 0 N–H and O–H groups in total. The predicted octanol–water partition coefficient (Wildman–Crippen LogP) is 3.10. The van der Waals surface area contributed by atoms with Crippen molar-refractivity contribution in [2.24, 2.45) is 0 Å². The Labute approximate surface area is 174 Å². The van der Waals surface area contributed by atoms with E-state index in [1.165, 1.54) is 10.4 Å². The average molecular weight is 408 g/mol. The molecule has 2 aliphatic rings. The Balaban J connectivity index is 1.29. The number of rotatable bonds is 4. The molecule has 0 aliphatic carbocycles. The zero-order chi connectivity index (χ0) is 19.6. The van der Waals surface area contributed by atoms with Crippen LogP contribution in [0.15, 0.2) is 42.7 Å². The molecule has 4 heterocycles. The Morgan fingerprint density at radius 1 is 0.966 bits per heavy atom. The van der Waals surface area contributed by atoms with Crippen molar-refractivity contribution in [3.05, 3.63) is 42.7 Å². The molecule has 150 valence electrons. The molecule has 7 heteroatoms. The van der Waals surface area contributed by atoms with Gasteiger partial charge >= 0.3 is 0 Å². The van der Waals surface area contributed by atoms with Gasteiger partial charge in [-0.1, -0.05) is 30.3 Å². The van der Waals surface area contributed by atoms with Gasteiger partial charge in [0.1, 0.15) is 17.0 Å². The molecule has 6 nitrogen and oxygen atoms in total. The van der Waals surface area contributed by atoms with E-state index >= 15 is 0 Å². The van der Waals surface area contributed by atoms with E-state index in [9.17, 15) is 4.79 Å². The lowest BCUT2D eigenvalue weighted by atomic mass is 10.2. The fourth-order valence-corrected chi connectivity index (χ4v) is 5.21. The number of carbonyl (C=O) groups is 1. The molecule has 0 radical (unpaired) electrons. The minimum absolute atomic E-state index is 0.283. The van der Waals surface area contributed by atoms with Crippen LogP contribution >= 0.6 is 11.3 Å². The molecule has 2 aliphatic heterocycles. The molecule has 0 saturated carbocycles. The van der Waals surface area contributed by atoms with Gasteiger partial charge < -0.3 is 9.80 Å². The fraction of sp³-hybridized carbons (Fsp3) is 0.409. The first-order valence-corrected chi connectivity index (χ1v) is 11.1. The van der Waals surface area contributed by atoms with E-state index in [1.54, 1.807) is 17.7 Å². The molecule has 0 atom stereocenters. The van der Waals surface area contributed by atoms with E-state index in [0.717, 1.165) is 68.1 Å². The molecule has 1 amide bonds. The fourth-order valence-electron chi connectivity index (χ4n) is 4.22. The number of nitrogens with zero attached hydrogens (tertiary/aromatic N) is 5. The highest BCUT2D eigenvalue weighted by molar-refractivity contribution is 7.21. The highest BCUT2D eigenvalue weighted by atomic mass is 32.1. The molecule has 0 spiro atoms. The summed E-state index contributed by atoms with van der Waals surface area (Å²) in [6.07, 6.45) is 3.97. The first kappa shape index (κ1) is 18.5. The summed E-state index contributed by atoms with van der Waals surface area (Å²) >= 11 is 1.71. The summed E-state index contributed by atoms with van der Waals surface area (Å²) in [5.74, 6) is 1.30. The van der Waals surface area contributed by atoms with Crippen LogP contribution in [0.5, 0.6) is 0 Å². The minimum Gasteiger partial charge on any atom is -0.353 e. The maximum atomic E-state index is 12.4. The highest BCUT2D eigenvalue weighted by Gasteiger charge is 2.25. The van der Waals surface area contributed by atoms with Crippen LogP contribution in [0.25, 0.3) is 20.7 Å². The molecule has 0 bridgehead atoms. The molecule has 2 aromatic heterocycles. The monoisotopic (exact) mass is 407 g/mol. The molecule has 2 fully saturated rings. The third-order valence-electron chi connectivity index (χ3n) is 5.86. The Morgan fingerprint density at radius 3 is 2.48 bits per heavy atom. The van der Waals surface area contributed by atoms with Crippen LogP contribution in [0.2, 0.25) is 0 Å². The van der Waals surface area contributed by atoms with E-state index in [-0.39, 0.29) is 5.91 Å². The topological polar surface area (TPSA) is 52.6 Å². The number of hydrogen-bond acceptors (Lipinski definition) is 6. The molecule has 5 rings (SSSR count). The lowest BCUT2D eigenvalue weighted by molar-refractivity contribution is -0.131. The van der Waals surface area contributed by atoms with Gasteiger partial charge in [-0.25, -0.2) is 9.97 Å². The SMILES string of the molecule is O=C(CN1CCN(c2ncnc3sc(-c4ccccc4)cc23)CC1)N1CCCC1. The minimum atomic E-state index is 0.283. The van der Waals surface area contributed by atoms with Crippen LogP contribution in [0.3, 0.4) is 0 Å². The summed E-state index contributed by atoms with van der Waals surface area (Å²) in [5, 5.41) is 1.12. The maximum absolute atomic E-state index is 12.4. The summed E-state index contributed by atoms with van der Waals surface area (Å²) in [6.45, 7) is 5.95. The average Bonchev–Trinajstić information content (AvgIpc) is 3.45. The van der Waals surface area contributed by atoms with E-state index in [4.69, 9.17) is 0 Å². The van der Waals surface area contributed by atoms with Crippen molar-refractivity contribution in [3.8, 4) is 10.4 Å². The van der Waals surface area contributed by atoms with Crippen LogP contribution in [0, 0.1) is 0 Å². The van der Waals surface area contributed by atoms with E-state index in [1.807, 2.05) is 11.0 Å². The van der Waals surface area contributed by atoms with Crippen molar-refractivity contribution in [2.75, 3.05) is 50.7 Å². The van der Waals surface area contributed by atoms with Crippen molar-refractivity contribution in [1.29, 1.82) is 0 Å². The van der Waals surface area contributed by atoms with Gasteiger partial charge in [-0.2, -0.15) is 0 Å². The van der Waals surface area contributed by atoms with Gasteiger partial charge in [0, 0.05) is 44.1 Å². The lowest BCUT2D eigenvalue weighted by Crippen LogP contribution is -2.50. The molecular weight excluding hydrogens is 382 g/mol. The van der Waals surface area contributed by atoms with Crippen LogP contribution in [-0.4, -0.2) is 71.5 Å². The summed E-state index contributed by atoms with van der Waals surface area (Å²) in [7, 11) is 0. The van der Waals surface area contributed by atoms with E-state index in [2.05, 4.69) is 50.1 Å².